The van der Waals surface area contributed by atoms with Gasteiger partial charge in [0.25, 0.3) is 11.4 Å². The summed E-state index contributed by atoms with van der Waals surface area (Å²) < 4.78 is 7.02. The van der Waals surface area contributed by atoms with Crippen LogP contribution < -0.4 is 5.56 Å². The van der Waals surface area contributed by atoms with Crippen LogP contribution in [-0.4, -0.2) is 14.7 Å². The van der Waals surface area contributed by atoms with Crippen LogP contribution in [0.2, 0.25) is 5.02 Å². The van der Waals surface area contributed by atoms with E-state index in [1.807, 2.05) is 43.3 Å². The Morgan fingerprint density at radius 2 is 1.85 bits per heavy atom. The lowest BCUT2D eigenvalue weighted by molar-refractivity contribution is 0.432. The maximum atomic E-state index is 12.2. The van der Waals surface area contributed by atoms with Crippen molar-refractivity contribution in [3.8, 4) is 22.8 Å². The molecular weight excluding hydrogens is 362 g/mol. The second-order valence-corrected chi connectivity index (χ2v) is 6.74. The molecule has 2 aromatic heterocycles. The maximum Gasteiger partial charge on any atom is 0.259 e. The van der Waals surface area contributed by atoms with Crippen molar-refractivity contribution in [2.45, 2.75) is 13.5 Å². The van der Waals surface area contributed by atoms with E-state index in [-0.39, 0.29) is 5.56 Å². The number of aryl methyl sites for hydroxylation is 1. The summed E-state index contributed by atoms with van der Waals surface area (Å²) in [6, 6.07) is 18.5. The summed E-state index contributed by atoms with van der Waals surface area (Å²) in [6.45, 7) is 2.44. The molecular formula is C21H16ClN3O2. The van der Waals surface area contributed by atoms with E-state index >= 15 is 0 Å². The summed E-state index contributed by atoms with van der Waals surface area (Å²) in [4.78, 5) is 16.7. The minimum absolute atomic E-state index is 0.105. The third-order valence-corrected chi connectivity index (χ3v) is 4.45. The second kappa shape index (κ2) is 7.21. The third kappa shape index (κ3) is 3.83. The van der Waals surface area contributed by atoms with Crippen molar-refractivity contribution in [3.05, 3.63) is 93.4 Å². The van der Waals surface area contributed by atoms with Crippen LogP contribution in [0.3, 0.4) is 0 Å². The Balaban J connectivity index is 1.65. The van der Waals surface area contributed by atoms with Gasteiger partial charge in [0.15, 0.2) is 0 Å². The lowest BCUT2D eigenvalue weighted by Gasteiger charge is -2.07. The van der Waals surface area contributed by atoms with E-state index in [1.165, 1.54) is 6.07 Å². The maximum absolute atomic E-state index is 12.2. The Morgan fingerprint density at radius 3 is 2.63 bits per heavy atom. The highest BCUT2D eigenvalue weighted by Crippen LogP contribution is 2.22. The summed E-state index contributed by atoms with van der Waals surface area (Å²) in [5.74, 6) is 0.889. The predicted octanol–water partition coefficient (Wildman–Crippen LogP) is 4.58. The summed E-state index contributed by atoms with van der Waals surface area (Å²) in [5, 5.41) is 4.72. The van der Waals surface area contributed by atoms with Gasteiger partial charge in [0, 0.05) is 22.8 Å². The zero-order valence-electron chi connectivity index (χ0n) is 14.6. The highest BCUT2D eigenvalue weighted by molar-refractivity contribution is 6.30. The first-order chi connectivity index (χ1) is 13.1. The fourth-order valence-electron chi connectivity index (χ4n) is 2.81. The van der Waals surface area contributed by atoms with Crippen LogP contribution >= 0.6 is 11.6 Å². The Hall–Kier alpha value is -3.18. The van der Waals surface area contributed by atoms with Crippen LogP contribution in [0.4, 0.5) is 0 Å². The van der Waals surface area contributed by atoms with Gasteiger partial charge in [0.2, 0.25) is 5.82 Å². The Kier molecular flexibility index (Phi) is 4.60. The average molecular weight is 378 g/mol. The summed E-state index contributed by atoms with van der Waals surface area (Å²) in [7, 11) is 0. The molecule has 0 unspecified atom stereocenters. The number of aromatic nitrogens is 3. The first kappa shape index (κ1) is 17.2. The zero-order chi connectivity index (χ0) is 18.8. The number of rotatable bonds is 4. The van der Waals surface area contributed by atoms with E-state index < -0.39 is 0 Å². The van der Waals surface area contributed by atoms with Gasteiger partial charge in [-0.25, -0.2) is 0 Å². The van der Waals surface area contributed by atoms with Gasteiger partial charge in [0.05, 0.1) is 12.1 Å². The molecule has 134 valence electrons. The van der Waals surface area contributed by atoms with E-state index in [2.05, 4.69) is 10.1 Å². The fraction of sp³-hybridized carbons (Fsp3) is 0.0952. The van der Waals surface area contributed by atoms with Crippen LogP contribution in [0.25, 0.3) is 22.8 Å². The van der Waals surface area contributed by atoms with Crippen LogP contribution in [0.5, 0.6) is 0 Å². The molecule has 0 aliphatic heterocycles. The molecule has 27 heavy (non-hydrogen) atoms. The molecule has 0 radical (unpaired) electrons. The van der Waals surface area contributed by atoms with E-state index in [1.54, 1.807) is 29.0 Å². The monoisotopic (exact) mass is 377 g/mol. The van der Waals surface area contributed by atoms with Gasteiger partial charge in [-0.05, 0) is 36.8 Å². The average Bonchev–Trinajstić information content (AvgIpc) is 3.15. The van der Waals surface area contributed by atoms with Gasteiger partial charge in [-0.2, -0.15) is 4.98 Å². The van der Waals surface area contributed by atoms with Crippen molar-refractivity contribution in [1.82, 2.24) is 14.7 Å². The first-order valence-electron chi connectivity index (χ1n) is 8.44. The number of hydrogen-bond donors (Lipinski definition) is 0. The van der Waals surface area contributed by atoms with E-state index in [9.17, 15) is 4.79 Å². The SMILES string of the molecule is Cc1cccc(-c2noc(-c3ccc(=O)n(Cc4ccc(Cl)cc4)c3)n2)c1. The fourth-order valence-corrected chi connectivity index (χ4v) is 2.94. The molecule has 0 N–H and O–H groups in total. The Bertz CT molecular complexity index is 1150. The van der Waals surface area contributed by atoms with Gasteiger partial charge in [0.1, 0.15) is 0 Å². The molecule has 0 aliphatic rings. The van der Waals surface area contributed by atoms with Crippen molar-refractivity contribution in [2.24, 2.45) is 0 Å². The molecule has 2 aromatic carbocycles. The number of hydrogen-bond acceptors (Lipinski definition) is 4. The minimum atomic E-state index is -0.105. The van der Waals surface area contributed by atoms with Crippen molar-refractivity contribution >= 4 is 11.6 Å². The lowest BCUT2D eigenvalue weighted by Crippen LogP contribution is -2.19. The van der Waals surface area contributed by atoms with Gasteiger partial charge < -0.3 is 9.09 Å². The number of benzene rings is 2. The van der Waals surface area contributed by atoms with Crippen LogP contribution in [0.15, 0.2) is 76.2 Å². The highest BCUT2D eigenvalue weighted by atomic mass is 35.5. The Morgan fingerprint density at radius 1 is 1.04 bits per heavy atom. The number of nitrogens with zero attached hydrogens (tertiary/aromatic N) is 3. The van der Waals surface area contributed by atoms with E-state index in [0.717, 1.165) is 16.7 Å². The van der Waals surface area contributed by atoms with Crippen LogP contribution in [0.1, 0.15) is 11.1 Å². The quantitative estimate of drug-likeness (QED) is 0.522. The van der Waals surface area contributed by atoms with Crippen molar-refractivity contribution < 1.29 is 4.52 Å². The van der Waals surface area contributed by atoms with Crippen LogP contribution in [-0.2, 0) is 6.54 Å². The zero-order valence-corrected chi connectivity index (χ0v) is 15.3. The largest absolute Gasteiger partial charge is 0.334 e. The molecule has 0 spiro atoms. The summed E-state index contributed by atoms with van der Waals surface area (Å²) in [5.41, 5.74) is 3.57. The van der Waals surface area contributed by atoms with Gasteiger partial charge >= 0.3 is 0 Å². The third-order valence-electron chi connectivity index (χ3n) is 4.20. The molecule has 0 saturated heterocycles. The smallest absolute Gasteiger partial charge is 0.259 e. The van der Waals surface area contributed by atoms with Crippen molar-refractivity contribution in [3.63, 3.8) is 0 Å². The van der Waals surface area contributed by atoms with Crippen LogP contribution in [0, 0.1) is 6.92 Å². The summed E-state index contributed by atoms with van der Waals surface area (Å²) >= 11 is 5.92. The molecule has 0 bridgehead atoms. The highest BCUT2D eigenvalue weighted by Gasteiger charge is 2.12. The first-order valence-corrected chi connectivity index (χ1v) is 8.82. The number of pyridine rings is 1. The van der Waals surface area contributed by atoms with Gasteiger partial charge in [-0.1, -0.05) is 52.7 Å². The molecule has 2 heterocycles. The standard InChI is InChI=1S/C21H16ClN3O2/c1-14-3-2-4-16(11-14)20-23-21(27-24-20)17-7-10-19(26)25(13-17)12-15-5-8-18(22)9-6-15/h2-11,13H,12H2,1H3. The van der Waals surface area contributed by atoms with Crippen molar-refractivity contribution in [2.75, 3.05) is 0 Å². The summed E-state index contributed by atoms with van der Waals surface area (Å²) in [6.07, 6.45) is 1.73. The minimum Gasteiger partial charge on any atom is -0.334 e. The molecule has 0 fully saturated rings. The Labute approximate surface area is 160 Å². The van der Waals surface area contributed by atoms with E-state index in [0.29, 0.717) is 28.8 Å². The molecule has 0 aliphatic carbocycles. The molecule has 5 nitrogen and oxygen atoms in total. The molecule has 0 atom stereocenters. The molecule has 0 amide bonds. The molecule has 4 aromatic rings. The lowest BCUT2D eigenvalue weighted by atomic mass is 10.1. The normalized spacial score (nSPS) is 10.9. The van der Waals surface area contributed by atoms with Gasteiger partial charge in [-0.3, -0.25) is 4.79 Å². The number of halogens is 1. The topological polar surface area (TPSA) is 60.9 Å². The second-order valence-electron chi connectivity index (χ2n) is 6.30. The molecule has 6 heteroatoms. The van der Waals surface area contributed by atoms with Gasteiger partial charge in [-0.15, -0.1) is 0 Å². The van der Waals surface area contributed by atoms with Crippen molar-refractivity contribution in [1.29, 1.82) is 0 Å². The van der Waals surface area contributed by atoms with E-state index in [4.69, 9.17) is 16.1 Å². The molecule has 4 rings (SSSR count). The molecule has 0 saturated carbocycles. The predicted molar refractivity (Wildman–Crippen MR) is 105 cm³/mol.